The van der Waals surface area contributed by atoms with Crippen LogP contribution in [0, 0.1) is 0 Å². The molecule has 0 spiro atoms. The van der Waals surface area contributed by atoms with Gasteiger partial charge in [-0.2, -0.15) is 13.2 Å². The van der Waals surface area contributed by atoms with Gasteiger partial charge in [0.15, 0.2) is 5.96 Å². The van der Waals surface area contributed by atoms with Crippen molar-refractivity contribution in [3.05, 3.63) is 57.6 Å². The molecule has 0 fully saturated rings. The van der Waals surface area contributed by atoms with Crippen LogP contribution in [-0.4, -0.2) is 71.0 Å². The smallest absolute Gasteiger partial charge is 0.397 e. The fraction of sp³-hybridized carbons (Fsp3) is 0.385. The lowest BCUT2D eigenvalue weighted by Gasteiger charge is -2.29. The second kappa shape index (κ2) is 12.8. The maximum Gasteiger partial charge on any atom is 0.397 e. The summed E-state index contributed by atoms with van der Waals surface area (Å²) in [5.41, 5.74) is -1.97. The van der Waals surface area contributed by atoms with Crippen LogP contribution in [0.4, 0.5) is 18.9 Å². The number of carbonyl (C=O) groups is 3. The molecule has 0 saturated carbocycles. The first kappa shape index (κ1) is 31.7. The summed E-state index contributed by atoms with van der Waals surface area (Å²) in [7, 11) is 0. The number of aromatic hydroxyl groups is 1. The molecule has 1 aliphatic rings. The molecule has 0 aromatic heterocycles. The Morgan fingerprint density at radius 3 is 2.46 bits per heavy atom. The topological polar surface area (TPSA) is 172 Å². The van der Waals surface area contributed by atoms with E-state index in [0.29, 0.717) is 11.6 Å². The van der Waals surface area contributed by atoms with Crippen LogP contribution in [0.5, 0.6) is 5.75 Å². The largest absolute Gasteiger partial charge is 0.508 e. The van der Waals surface area contributed by atoms with Gasteiger partial charge in [0.05, 0.1) is 37.1 Å². The third-order valence-corrected chi connectivity index (χ3v) is 6.74. The number of rotatable bonds is 9. The number of aliphatic hydroxyl groups is 1. The minimum Gasteiger partial charge on any atom is -0.508 e. The van der Waals surface area contributed by atoms with Crippen molar-refractivity contribution in [3.63, 3.8) is 0 Å². The number of aliphatic imine (C=N–C) groups is 1. The van der Waals surface area contributed by atoms with Crippen molar-refractivity contribution in [1.82, 2.24) is 16.0 Å². The Bertz CT molecular complexity index is 1350. The van der Waals surface area contributed by atoms with Crippen LogP contribution >= 0.6 is 15.9 Å². The Balaban J connectivity index is 1.71. The van der Waals surface area contributed by atoms with Gasteiger partial charge >= 0.3 is 12.1 Å². The summed E-state index contributed by atoms with van der Waals surface area (Å²) in [6.07, 6.45) is -5.85. The highest BCUT2D eigenvalue weighted by Gasteiger charge is 2.48. The number of aliphatic carboxylic acids is 1. The summed E-state index contributed by atoms with van der Waals surface area (Å²) in [6.45, 7) is 1.82. The van der Waals surface area contributed by atoms with Gasteiger partial charge in [-0.25, -0.2) is 0 Å². The highest BCUT2D eigenvalue weighted by Crippen LogP contribution is 2.42. The van der Waals surface area contributed by atoms with Crippen LogP contribution < -0.4 is 21.3 Å². The van der Waals surface area contributed by atoms with E-state index in [1.165, 1.54) is 30.3 Å². The predicted octanol–water partition coefficient (Wildman–Crippen LogP) is 2.79. The number of phenolic OH excluding ortho intramolecular Hbond substituents is 1. The number of alkyl halides is 3. The zero-order chi connectivity index (χ0) is 30.5. The highest BCUT2D eigenvalue weighted by atomic mass is 79.9. The number of halogens is 4. The molecule has 3 rings (SSSR count). The van der Waals surface area contributed by atoms with E-state index in [1.54, 1.807) is 0 Å². The quantitative estimate of drug-likeness (QED) is 0.218. The molecular weight excluding hydrogens is 615 g/mol. The number of β-amino-alcohol motifs (C(OH)–C–C–N with tert-alkyl or cyclic N) is 1. The summed E-state index contributed by atoms with van der Waals surface area (Å²) >= 11 is 3.16. The number of aliphatic hydroxyl groups excluding tert-OH is 1. The minimum absolute atomic E-state index is 0.00940. The van der Waals surface area contributed by atoms with E-state index in [-0.39, 0.29) is 40.0 Å². The number of benzene rings is 2. The molecule has 2 atom stereocenters. The minimum atomic E-state index is -4.59. The molecule has 15 heteroatoms. The number of hydrogen-bond acceptors (Lipinski definition) is 8. The van der Waals surface area contributed by atoms with E-state index in [9.17, 15) is 42.9 Å². The van der Waals surface area contributed by atoms with Gasteiger partial charge in [0.2, 0.25) is 5.91 Å². The van der Waals surface area contributed by atoms with Crippen LogP contribution in [0.2, 0.25) is 0 Å². The number of amides is 2. The van der Waals surface area contributed by atoms with Gasteiger partial charge < -0.3 is 36.6 Å². The maximum atomic E-state index is 13.6. The van der Waals surface area contributed by atoms with Gasteiger partial charge in [-0.3, -0.25) is 19.4 Å². The van der Waals surface area contributed by atoms with E-state index >= 15 is 0 Å². The summed E-state index contributed by atoms with van der Waals surface area (Å²) in [6, 6.07) is 6.57. The van der Waals surface area contributed by atoms with Gasteiger partial charge in [-0.05, 0) is 49.2 Å². The first-order valence-corrected chi connectivity index (χ1v) is 13.1. The molecule has 7 N–H and O–H groups in total. The average Bonchev–Trinajstić information content (AvgIpc) is 2.86. The van der Waals surface area contributed by atoms with Crippen LogP contribution in [0.3, 0.4) is 0 Å². The third kappa shape index (κ3) is 8.57. The number of nitrogens with zero attached hydrogens (tertiary/aromatic N) is 1. The normalized spacial score (nSPS) is 16.2. The summed E-state index contributed by atoms with van der Waals surface area (Å²) in [5, 5.41) is 39.5. The van der Waals surface area contributed by atoms with Crippen LogP contribution in [0.25, 0.3) is 0 Å². The van der Waals surface area contributed by atoms with E-state index in [2.05, 4.69) is 42.2 Å². The van der Waals surface area contributed by atoms with Crippen molar-refractivity contribution in [2.24, 2.45) is 4.99 Å². The fourth-order valence-electron chi connectivity index (χ4n) is 3.84. The molecule has 2 aromatic carbocycles. The van der Waals surface area contributed by atoms with Gasteiger partial charge in [0.25, 0.3) is 5.91 Å². The number of anilines is 1. The number of carboxylic acid groups (broad SMARTS) is 1. The Kier molecular flexibility index (Phi) is 9.86. The van der Waals surface area contributed by atoms with E-state index in [4.69, 9.17) is 0 Å². The molecule has 1 aliphatic heterocycles. The van der Waals surface area contributed by atoms with Crippen LogP contribution in [-0.2, 0) is 15.0 Å². The summed E-state index contributed by atoms with van der Waals surface area (Å²) < 4.78 is 41.2. The van der Waals surface area contributed by atoms with E-state index < -0.39 is 54.5 Å². The first-order chi connectivity index (χ1) is 19.0. The van der Waals surface area contributed by atoms with Crippen LogP contribution in [0.1, 0.15) is 47.8 Å². The molecule has 41 heavy (non-hydrogen) atoms. The predicted molar refractivity (Wildman–Crippen MR) is 147 cm³/mol. The molecule has 11 nitrogen and oxygen atoms in total. The Morgan fingerprint density at radius 1 is 1.15 bits per heavy atom. The Hall–Kier alpha value is -3.85. The number of hydrogen-bond donors (Lipinski definition) is 7. The SMILES string of the molecule is CC(C)(c1cc(Br)cc([C@H](CC(=O)O)NC(=O)CNC(=O)c2cc(O)cc(NC3=NCC(O)CN3)c2)c1)C(F)(F)F. The Labute approximate surface area is 241 Å². The molecule has 222 valence electrons. The van der Waals surface area contributed by atoms with Gasteiger partial charge in [0, 0.05) is 28.3 Å². The number of carbonyl (C=O) groups excluding carboxylic acids is 2. The lowest BCUT2D eigenvalue weighted by molar-refractivity contribution is -0.180. The fourth-order valence-corrected chi connectivity index (χ4v) is 4.35. The lowest BCUT2D eigenvalue weighted by atomic mass is 9.82. The highest BCUT2D eigenvalue weighted by molar-refractivity contribution is 9.10. The number of phenols is 1. The standard InChI is InChI=1S/C26H29BrF3N5O6/c1-25(2,26(28,29)30)15-3-13(4-16(27)7-15)20(9-22(39)40)35-21(38)12-31-23(41)14-5-17(8-18(36)6-14)34-24-32-10-19(37)11-33-24/h3-8,19-20,36-37H,9-12H2,1-2H3,(H,31,41)(H,35,38)(H,39,40)(H2,32,33,34)/t20-/m0/s1. The van der Waals surface area contributed by atoms with Gasteiger partial charge in [0.1, 0.15) is 5.75 Å². The summed E-state index contributed by atoms with van der Waals surface area (Å²) in [4.78, 5) is 41.0. The van der Waals surface area contributed by atoms with Crippen LogP contribution in [0.15, 0.2) is 45.9 Å². The second-order valence-corrected chi connectivity index (χ2v) is 10.8. The van der Waals surface area contributed by atoms with Crippen molar-refractivity contribution in [2.75, 3.05) is 25.0 Å². The Morgan fingerprint density at radius 2 is 1.85 bits per heavy atom. The van der Waals surface area contributed by atoms with Crippen molar-refractivity contribution in [1.29, 1.82) is 0 Å². The molecule has 2 aromatic rings. The van der Waals surface area contributed by atoms with Crippen molar-refractivity contribution in [3.8, 4) is 5.75 Å². The number of guanidine groups is 1. The van der Waals surface area contributed by atoms with E-state index in [1.807, 2.05) is 0 Å². The molecule has 0 radical (unpaired) electrons. The molecule has 1 unspecified atom stereocenters. The van der Waals surface area contributed by atoms with Gasteiger partial charge in [-0.15, -0.1) is 0 Å². The summed E-state index contributed by atoms with van der Waals surface area (Å²) in [5.74, 6) is -2.76. The third-order valence-electron chi connectivity index (χ3n) is 6.28. The molecule has 2 amide bonds. The first-order valence-electron chi connectivity index (χ1n) is 12.3. The average molecular weight is 644 g/mol. The molecular formula is C26H29BrF3N5O6. The van der Waals surface area contributed by atoms with Crippen molar-refractivity contribution < 1.29 is 42.9 Å². The lowest BCUT2D eigenvalue weighted by Crippen LogP contribution is -2.42. The monoisotopic (exact) mass is 643 g/mol. The number of carboxylic acids is 1. The van der Waals surface area contributed by atoms with Crippen molar-refractivity contribution >= 4 is 45.4 Å². The molecule has 0 saturated heterocycles. The maximum absolute atomic E-state index is 13.6. The van der Waals surface area contributed by atoms with Crippen molar-refractivity contribution in [2.45, 2.75) is 44.0 Å². The van der Waals surface area contributed by atoms with E-state index in [0.717, 1.165) is 19.9 Å². The second-order valence-electron chi connectivity index (χ2n) is 9.91. The van der Waals surface area contributed by atoms with Gasteiger partial charge in [-0.1, -0.05) is 22.0 Å². The zero-order valence-corrected chi connectivity index (χ0v) is 23.6. The molecule has 0 bridgehead atoms. The number of nitrogens with one attached hydrogen (secondary N) is 4. The molecule has 1 heterocycles. The zero-order valence-electron chi connectivity index (χ0n) is 22.0. The molecule has 0 aliphatic carbocycles.